The molecule has 6 heteroatoms. The van der Waals surface area contributed by atoms with Gasteiger partial charge in [-0.25, -0.2) is 4.98 Å². The number of anilines is 1. The smallest absolute Gasteiger partial charge is 0.236 e. The molecular weight excluding hydrogens is 372 g/mol. The van der Waals surface area contributed by atoms with Gasteiger partial charge in [-0.3, -0.25) is 4.79 Å². The molecule has 1 heterocycles. The molecule has 4 rings (SSSR count). The number of thioether (sulfide) groups is 1. The Labute approximate surface area is 158 Å². The average molecular weight is 385 g/mol. The van der Waals surface area contributed by atoms with Crippen molar-refractivity contribution < 1.29 is 4.79 Å². The van der Waals surface area contributed by atoms with Gasteiger partial charge >= 0.3 is 0 Å². The van der Waals surface area contributed by atoms with Crippen molar-refractivity contribution in [2.45, 2.75) is 4.90 Å². The molecule has 25 heavy (non-hydrogen) atoms. The van der Waals surface area contributed by atoms with Crippen LogP contribution in [0.4, 0.5) is 5.13 Å². The molecule has 3 aromatic carbocycles. The molecule has 1 aromatic heterocycles. The molecule has 0 atom stereocenters. The van der Waals surface area contributed by atoms with E-state index in [1.807, 2.05) is 60.7 Å². The van der Waals surface area contributed by atoms with Crippen LogP contribution in [-0.2, 0) is 4.79 Å². The first kappa shape index (κ1) is 16.4. The number of halogens is 1. The molecular formula is C19H13ClN2OS2. The van der Waals surface area contributed by atoms with Crippen LogP contribution < -0.4 is 5.32 Å². The summed E-state index contributed by atoms with van der Waals surface area (Å²) in [4.78, 5) is 17.7. The standard InChI is InChI=1S/C19H13ClN2OS2/c20-13-7-3-5-12-6-4-10-16(18(12)13)24-11-17(23)22-19-21-14-8-1-2-9-15(14)25-19/h1-10H,11H2,(H,21,22,23). The van der Waals surface area contributed by atoms with Crippen LogP contribution in [0.3, 0.4) is 0 Å². The zero-order valence-electron chi connectivity index (χ0n) is 13.0. The van der Waals surface area contributed by atoms with E-state index in [4.69, 9.17) is 11.6 Å². The summed E-state index contributed by atoms with van der Waals surface area (Å²) in [6.45, 7) is 0. The van der Waals surface area contributed by atoms with Crippen LogP contribution in [0.25, 0.3) is 21.0 Å². The van der Waals surface area contributed by atoms with Crippen molar-refractivity contribution in [2.24, 2.45) is 0 Å². The van der Waals surface area contributed by atoms with Gasteiger partial charge in [0.15, 0.2) is 5.13 Å². The highest BCUT2D eigenvalue weighted by Gasteiger charge is 2.10. The third-order valence-electron chi connectivity index (χ3n) is 3.71. The van der Waals surface area contributed by atoms with Crippen LogP contribution in [0.15, 0.2) is 65.6 Å². The maximum Gasteiger partial charge on any atom is 0.236 e. The summed E-state index contributed by atoms with van der Waals surface area (Å²) >= 11 is 9.29. The van der Waals surface area contributed by atoms with Crippen LogP contribution in [0.1, 0.15) is 0 Å². The highest BCUT2D eigenvalue weighted by molar-refractivity contribution is 8.00. The first-order chi connectivity index (χ1) is 12.2. The molecule has 1 N–H and O–H groups in total. The molecule has 0 aliphatic rings. The lowest BCUT2D eigenvalue weighted by Gasteiger charge is -2.07. The van der Waals surface area contributed by atoms with E-state index in [0.29, 0.717) is 15.9 Å². The number of carbonyl (C=O) groups excluding carboxylic acids is 1. The number of carbonyl (C=O) groups is 1. The lowest BCUT2D eigenvalue weighted by Crippen LogP contribution is -2.13. The Bertz CT molecular complexity index is 1040. The molecule has 3 nitrogen and oxygen atoms in total. The highest BCUT2D eigenvalue weighted by Crippen LogP contribution is 2.33. The topological polar surface area (TPSA) is 42.0 Å². The van der Waals surface area contributed by atoms with E-state index in [2.05, 4.69) is 10.3 Å². The number of hydrogen-bond acceptors (Lipinski definition) is 4. The van der Waals surface area contributed by atoms with Crippen molar-refractivity contribution in [1.82, 2.24) is 4.98 Å². The molecule has 124 valence electrons. The lowest BCUT2D eigenvalue weighted by atomic mass is 10.1. The molecule has 0 fully saturated rings. The van der Waals surface area contributed by atoms with Crippen molar-refractivity contribution >= 4 is 66.7 Å². The number of nitrogens with one attached hydrogen (secondary N) is 1. The SMILES string of the molecule is O=C(CSc1cccc2cccc(Cl)c12)Nc1nc2ccccc2s1. The maximum atomic E-state index is 12.3. The molecule has 0 unspecified atom stereocenters. The van der Waals surface area contributed by atoms with Crippen molar-refractivity contribution in [3.8, 4) is 0 Å². The zero-order valence-corrected chi connectivity index (χ0v) is 15.4. The fourth-order valence-electron chi connectivity index (χ4n) is 2.61. The Balaban J connectivity index is 1.49. The van der Waals surface area contributed by atoms with Gasteiger partial charge < -0.3 is 5.32 Å². The van der Waals surface area contributed by atoms with Gasteiger partial charge in [0.25, 0.3) is 0 Å². The number of aromatic nitrogens is 1. The Kier molecular flexibility index (Phi) is 4.61. The van der Waals surface area contributed by atoms with Gasteiger partial charge in [-0.2, -0.15) is 0 Å². The van der Waals surface area contributed by atoms with Gasteiger partial charge in [0, 0.05) is 15.3 Å². The molecule has 1 amide bonds. The van der Waals surface area contributed by atoms with Crippen LogP contribution in [-0.4, -0.2) is 16.6 Å². The molecule has 0 bridgehead atoms. The number of fused-ring (bicyclic) bond motifs is 2. The average Bonchev–Trinajstić information content (AvgIpc) is 3.02. The number of rotatable bonds is 4. The molecule has 0 aliphatic heterocycles. The van der Waals surface area contributed by atoms with Crippen molar-refractivity contribution in [3.05, 3.63) is 65.7 Å². The molecule has 0 spiro atoms. The van der Waals surface area contributed by atoms with E-state index in [9.17, 15) is 4.79 Å². The molecule has 0 aliphatic carbocycles. The number of hydrogen-bond donors (Lipinski definition) is 1. The van der Waals surface area contributed by atoms with Crippen LogP contribution in [0.5, 0.6) is 0 Å². The highest BCUT2D eigenvalue weighted by atomic mass is 35.5. The number of thiazole rings is 1. The van der Waals surface area contributed by atoms with Gasteiger partial charge in [0.1, 0.15) is 0 Å². The van der Waals surface area contributed by atoms with Crippen molar-refractivity contribution in [2.75, 3.05) is 11.1 Å². The van der Waals surface area contributed by atoms with Gasteiger partial charge in [0.05, 0.1) is 16.0 Å². The summed E-state index contributed by atoms with van der Waals surface area (Å²) in [6.07, 6.45) is 0. The van der Waals surface area contributed by atoms with E-state index >= 15 is 0 Å². The van der Waals surface area contributed by atoms with Crippen LogP contribution in [0.2, 0.25) is 5.02 Å². The largest absolute Gasteiger partial charge is 0.301 e. The number of amides is 1. The van der Waals surface area contributed by atoms with E-state index in [1.165, 1.54) is 23.1 Å². The third kappa shape index (κ3) is 3.49. The van der Waals surface area contributed by atoms with Crippen LogP contribution in [0, 0.1) is 0 Å². The zero-order chi connectivity index (χ0) is 17.2. The molecule has 4 aromatic rings. The Hall–Kier alpha value is -2.08. The number of nitrogens with zero attached hydrogens (tertiary/aromatic N) is 1. The molecule has 0 radical (unpaired) electrons. The van der Waals surface area contributed by atoms with Gasteiger partial charge in [0.2, 0.25) is 5.91 Å². The minimum Gasteiger partial charge on any atom is -0.301 e. The second-order valence-corrected chi connectivity index (χ2v) is 7.87. The quantitative estimate of drug-likeness (QED) is 0.450. The van der Waals surface area contributed by atoms with Crippen molar-refractivity contribution in [1.29, 1.82) is 0 Å². The third-order valence-corrected chi connectivity index (χ3v) is 6.04. The summed E-state index contributed by atoms with van der Waals surface area (Å²) in [5.74, 6) is 0.230. The summed E-state index contributed by atoms with van der Waals surface area (Å²) in [6, 6.07) is 19.6. The number of benzene rings is 3. The number of para-hydroxylation sites is 1. The van der Waals surface area contributed by atoms with E-state index in [-0.39, 0.29) is 5.91 Å². The fourth-order valence-corrected chi connectivity index (χ4v) is 4.73. The minimum atomic E-state index is -0.0758. The Morgan fingerprint density at radius 1 is 1.08 bits per heavy atom. The minimum absolute atomic E-state index is 0.0758. The maximum absolute atomic E-state index is 12.3. The van der Waals surface area contributed by atoms with Gasteiger partial charge in [-0.15, -0.1) is 11.8 Å². The Morgan fingerprint density at radius 2 is 1.88 bits per heavy atom. The predicted molar refractivity (Wildman–Crippen MR) is 108 cm³/mol. The lowest BCUT2D eigenvalue weighted by molar-refractivity contribution is -0.113. The summed E-state index contributed by atoms with van der Waals surface area (Å²) in [5, 5.41) is 6.27. The summed E-state index contributed by atoms with van der Waals surface area (Å²) < 4.78 is 1.06. The second kappa shape index (κ2) is 7.04. The fraction of sp³-hybridized carbons (Fsp3) is 0.0526. The molecule has 0 saturated heterocycles. The van der Waals surface area contributed by atoms with Crippen LogP contribution >= 0.6 is 34.7 Å². The van der Waals surface area contributed by atoms with Crippen molar-refractivity contribution in [3.63, 3.8) is 0 Å². The van der Waals surface area contributed by atoms with Gasteiger partial charge in [-0.1, -0.05) is 59.3 Å². The predicted octanol–water partition coefficient (Wildman–Crippen LogP) is 5.83. The van der Waals surface area contributed by atoms with E-state index < -0.39 is 0 Å². The summed E-state index contributed by atoms with van der Waals surface area (Å²) in [5.41, 5.74) is 0.899. The monoisotopic (exact) mass is 384 g/mol. The first-order valence-electron chi connectivity index (χ1n) is 7.66. The Morgan fingerprint density at radius 3 is 2.72 bits per heavy atom. The van der Waals surface area contributed by atoms with E-state index in [0.717, 1.165) is 25.9 Å². The van der Waals surface area contributed by atoms with E-state index in [1.54, 1.807) is 0 Å². The van der Waals surface area contributed by atoms with Gasteiger partial charge in [-0.05, 0) is 29.7 Å². The molecule has 0 saturated carbocycles. The summed E-state index contributed by atoms with van der Waals surface area (Å²) in [7, 11) is 0. The second-order valence-electron chi connectivity index (χ2n) is 5.42. The first-order valence-corrected chi connectivity index (χ1v) is 9.84. The normalized spacial score (nSPS) is 11.1.